The summed E-state index contributed by atoms with van der Waals surface area (Å²) in [6.45, 7) is 0. The molecule has 0 amide bonds. The molecule has 0 atom stereocenters. The zero-order valence-corrected chi connectivity index (χ0v) is 14.2. The zero-order valence-electron chi connectivity index (χ0n) is 13.4. The van der Waals surface area contributed by atoms with Gasteiger partial charge in [-0.1, -0.05) is 66.7 Å². The Morgan fingerprint density at radius 3 is 2.16 bits per heavy atom. The van der Waals surface area contributed by atoms with E-state index in [9.17, 15) is 9.59 Å². The lowest BCUT2D eigenvalue weighted by atomic mass is 10.0. The maximum Gasteiger partial charge on any atom is 0.275 e. The minimum absolute atomic E-state index is 0.196. The van der Waals surface area contributed by atoms with Crippen LogP contribution in [0.3, 0.4) is 0 Å². The van der Waals surface area contributed by atoms with Crippen LogP contribution >= 0.6 is 11.5 Å². The molecule has 0 N–H and O–H groups in total. The molecular formula is C21H15NO2S. The molecule has 0 unspecified atom stereocenters. The van der Waals surface area contributed by atoms with Crippen LogP contribution in [-0.2, 0) is 6.42 Å². The molecule has 4 heteroatoms. The first-order valence-electron chi connectivity index (χ1n) is 8.01. The third-order valence-electron chi connectivity index (χ3n) is 4.13. The summed E-state index contributed by atoms with van der Waals surface area (Å²) in [7, 11) is 0. The van der Waals surface area contributed by atoms with Crippen LogP contribution in [0.4, 0.5) is 0 Å². The molecule has 0 saturated carbocycles. The van der Waals surface area contributed by atoms with E-state index in [0.717, 1.165) is 21.4 Å². The summed E-state index contributed by atoms with van der Waals surface area (Å²) >= 11 is 1.21. The zero-order chi connectivity index (χ0) is 17.2. The minimum Gasteiger partial charge on any atom is -0.273 e. The van der Waals surface area contributed by atoms with E-state index in [0.29, 0.717) is 5.39 Å². The first kappa shape index (κ1) is 15.5. The lowest BCUT2D eigenvalue weighted by Crippen LogP contribution is -2.22. The molecule has 25 heavy (non-hydrogen) atoms. The molecule has 4 aromatic rings. The van der Waals surface area contributed by atoms with Crippen LogP contribution in [0.5, 0.6) is 0 Å². The van der Waals surface area contributed by atoms with Gasteiger partial charge in [0.1, 0.15) is 0 Å². The highest BCUT2D eigenvalue weighted by Gasteiger charge is 2.14. The van der Waals surface area contributed by atoms with Gasteiger partial charge in [0.2, 0.25) is 5.91 Å². The Bertz CT molecular complexity index is 1090. The predicted molar refractivity (Wildman–Crippen MR) is 102 cm³/mol. The molecule has 0 aliphatic carbocycles. The highest BCUT2D eigenvalue weighted by Crippen LogP contribution is 2.20. The fourth-order valence-corrected chi connectivity index (χ4v) is 3.77. The van der Waals surface area contributed by atoms with Gasteiger partial charge in [-0.3, -0.25) is 9.59 Å². The van der Waals surface area contributed by atoms with Crippen LogP contribution in [0.2, 0.25) is 0 Å². The second kappa shape index (κ2) is 6.49. The van der Waals surface area contributed by atoms with Crippen LogP contribution in [0.25, 0.3) is 21.2 Å². The molecule has 4 rings (SSSR count). The van der Waals surface area contributed by atoms with Crippen LogP contribution < -0.4 is 5.56 Å². The van der Waals surface area contributed by atoms with Crippen LogP contribution in [0.15, 0.2) is 83.7 Å². The van der Waals surface area contributed by atoms with Gasteiger partial charge in [0.05, 0.1) is 16.5 Å². The van der Waals surface area contributed by atoms with Crippen LogP contribution in [0, 0.1) is 0 Å². The average Bonchev–Trinajstić information content (AvgIpc) is 3.00. The summed E-state index contributed by atoms with van der Waals surface area (Å²) in [4.78, 5) is 24.9. The Kier molecular flexibility index (Phi) is 4.04. The second-order valence-electron chi connectivity index (χ2n) is 5.82. The third-order valence-corrected chi connectivity index (χ3v) is 5.24. The van der Waals surface area contributed by atoms with Gasteiger partial charge in [0.15, 0.2) is 0 Å². The van der Waals surface area contributed by atoms with E-state index in [1.54, 1.807) is 6.07 Å². The molecule has 0 aliphatic rings. The smallest absolute Gasteiger partial charge is 0.273 e. The summed E-state index contributed by atoms with van der Waals surface area (Å²) < 4.78 is 2.09. The fourth-order valence-electron chi connectivity index (χ4n) is 2.83. The van der Waals surface area contributed by atoms with Gasteiger partial charge in [0, 0.05) is 0 Å². The van der Waals surface area contributed by atoms with Crippen LogP contribution in [0.1, 0.15) is 10.4 Å². The first-order valence-corrected chi connectivity index (χ1v) is 8.78. The molecule has 0 saturated heterocycles. The van der Waals surface area contributed by atoms with Crippen molar-refractivity contribution in [3.05, 3.63) is 94.8 Å². The van der Waals surface area contributed by atoms with Crippen molar-refractivity contribution in [1.29, 1.82) is 0 Å². The summed E-state index contributed by atoms with van der Waals surface area (Å²) in [6, 6.07) is 25.3. The van der Waals surface area contributed by atoms with Crippen molar-refractivity contribution in [2.75, 3.05) is 0 Å². The number of hydrogen-bond acceptors (Lipinski definition) is 3. The van der Waals surface area contributed by atoms with Crippen molar-refractivity contribution in [1.82, 2.24) is 3.96 Å². The van der Waals surface area contributed by atoms with E-state index in [1.165, 1.54) is 15.5 Å². The van der Waals surface area contributed by atoms with Gasteiger partial charge < -0.3 is 0 Å². The van der Waals surface area contributed by atoms with Crippen molar-refractivity contribution in [2.45, 2.75) is 6.42 Å². The molecule has 3 nitrogen and oxygen atoms in total. The van der Waals surface area contributed by atoms with Gasteiger partial charge >= 0.3 is 0 Å². The summed E-state index contributed by atoms with van der Waals surface area (Å²) in [6.07, 6.45) is 0.210. The first-order chi connectivity index (χ1) is 12.2. The van der Waals surface area contributed by atoms with Crippen molar-refractivity contribution >= 4 is 27.5 Å². The van der Waals surface area contributed by atoms with Crippen molar-refractivity contribution in [3.8, 4) is 11.1 Å². The topological polar surface area (TPSA) is 39.1 Å². The molecule has 0 fully saturated rings. The summed E-state index contributed by atoms with van der Waals surface area (Å²) in [5.41, 5.74) is 2.91. The molecular weight excluding hydrogens is 330 g/mol. The number of hydrogen-bond donors (Lipinski definition) is 0. The number of rotatable bonds is 3. The van der Waals surface area contributed by atoms with Gasteiger partial charge in [-0.2, -0.15) is 3.96 Å². The van der Waals surface area contributed by atoms with E-state index in [4.69, 9.17) is 0 Å². The van der Waals surface area contributed by atoms with Crippen molar-refractivity contribution in [2.24, 2.45) is 0 Å². The Hall–Kier alpha value is -2.98. The Labute approximate surface area is 148 Å². The lowest BCUT2D eigenvalue weighted by molar-refractivity contribution is 0.0923. The van der Waals surface area contributed by atoms with E-state index in [1.807, 2.05) is 60.7 Å². The van der Waals surface area contributed by atoms with E-state index in [-0.39, 0.29) is 17.9 Å². The highest BCUT2D eigenvalue weighted by molar-refractivity contribution is 7.14. The number of fused-ring (bicyclic) bond motifs is 1. The van der Waals surface area contributed by atoms with E-state index < -0.39 is 0 Å². The molecule has 0 bridgehead atoms. The maximum absolute atomic E-state index is 12.5. The molecule has 0 radical (unpaired) electrons. The number of carbonyl (C=O) groups is 1. The van der Waals surface area contributed by atoms with Gasteiger partial charge in [-0.25, -0.2) is 0 Å². The second-order valence-corrected chi connectivity index (χ2v) is 6.81. The molecule has 1 heterocycles. The van der Waals surface area contributed by atoms with E-state index in [2.05, 4.69) is 12.1 Å². The van der Waals surface area contributed by atoms with Crippen molar-refractivity contribution in [3.63, 3.8) is 0 Å². The van der Waals surface area contributed by atoms with Gasteiger partial charge in [0.25, 0.3) is 5.56 Å². The third kappa shape index (κ3) is 3.04. The molecule has 122 valence electrons. The Balaban J connectivity index is 1.58. The van der Waals surface area contributed by atoms with Crippen molar-refractivity contribution < 1.29 is 4.79 Å². The maximum atomic E-state index is 12.5. The molecule has 1 aromatic heterocycles. The van der Waals surface area contributed by atoms with Gasteiger partial charge in [-0.05, 0) is 40.4 Å². The number of nitrogens with zero attached hydrogens (tertiary/aromatic N) is 1. The predicted octanol–water partition coefficient (Wildman–Crippen LogP) is 4.61. The Morgan fingerprint density at radius 2 is 1.44 bits per heavy atom. The normalized spacial score (nSPS) is 10.9. The SMILES string of the molecule is O=C(Cc1ccc(-c2ccccc2)cc1)n1sc2ccccc2c1=O. The van der Waals surface area contributed by atoms with Gasteiger partial charge in [-0.15, -0.1) is 0 Å². The lowest BCUT2D eigenvalue weighted by Gasteiger charge is -2.04. The number of benzene rings is 3. The fraction of sp³-hybridized carbons (Fsp3) is 0.0476. The molecule has 3 aromatic carbocycles. The molecule has 0 aliphatic heterocycles. The minimum atomic E-state index is -0.230. The largest absolute Gasteiger partial charge is 0.275 e. The highest BCUT2D eigenvalue weighted by atomic mass is 32.1. The van der Waals surface area contributed by atoms with E-state index >= 15 is 0 Å². The average molecular weight is 345 g/mol. The number of carbonyl (C=O) groups excluding carboxylic acids is 1. The number of aromatic nitrogens is 1. The standard InChI is InChI=1S/C21H15NO2S/c23-20(22-21(24)18-8-4-5-9-19(18)25-22)14-15-10-12-17(13-11-15)16-6-2-1-3-7-16/h1-13H,14H2. The van der Waals surface area contributed by atoms with Crippen LogP contribution in [-0.4, -0.2) is 9.86 Å². The molecule has 0 spiro atoms. The quantitative estimate of drug-likeness (QED) is 0.544. The summed E-state index contributed by atoms with van der Waals surface area (Å²) in [5.74, 6) is -0.196. The summed E-state index contributed by atoms with van der Waals surface area (Å²) in [5, 5.41) is 0.597. The monoisotopic (exact) mass is 345 g/mol. The Morgan fingerprint density at radius 1 is 0.800 bits per heavy atom.